The number of piperidine rings is 1. The molecule has 15 heavy (non-hydrogen) atoms. The van der Waals surface area contributed by atoms with Crippen LogP contribution < -0.4 is 0 Å². The van der Waals surface area contributed by atoms with Crippen LogP contribution in [0.2, 0.25) is 0 Å². The standard InChI is InChI=1S/C11H19NO3/c1-12-8-2-3-9(12)7-10(6-8)15-5-4-11(13)14/h8-10H,2-7H2,1H3,(H,13,14). The third kappa shape index (κ3) is 2.49. The van der Waals surface area contributed by atoms with Gasteiger partial charge in [-0.2, -0.15) is 0 Å². The number of hydrogen-bond acceptors (Lipinski definition) is 3. The second-order valence-corrected chi connectivity index (χ2v) is 4.66. The van der Waals surface area contributed by atoms with Gasteiger partial charge < -0.3 is 14.7 Å². The molecule has 2 heterocycles. The SMILES string of the molecule is CN1C2CCC1CC(OCCC(=O)O)C2. The molecule has 4 nitrogen and oxygen atoms in total. The summed E-state index contributed by atoms with van der Waals surface area (Å²) in [5, 5.41) is 8.51. The third-order valence-corrected chi connectivity index (χ3v) is 3.72. The van der Waals surface area contributed by atoms with Crippen molar-refractivity contribution in [2.75, 3.05) is 13.7 Å². The fraction of sp³-hybridized carbons (Fsp3) is 0.909. The maximum absolute atomic E-state index is 10.3. The molecule has 0 saturated carbocycles. The number of carboxylic acids is 1. The molecule has 2 fully saturated rings. The number of hydrogen-bond donors (Lipinski definition) is 1. The van der Waals surface area contributed by atoms with Crippen LogP contribution in [-0.4, -0.2) is 47.8 Å². The van der Waals surface area contributed by atoms with Gasteiger partial charge in [0.2, 0.25) is 0 Å². The van der Waals surface area contributed by atoms with Crippen LogP contribution in [0.4, 0.5) is 0 Å². The monoisotopic (exact) mass is 213 g/mol. The molecule has 2 unspecified atom stereocenters. The molecule has 4 heteroatoms. The van der Waals surface area contributed by atoms with Crippen molar-refractivity contribution in [3.8, 4) is 0 Å². The molecular weight excluding hydrogens is 194 g/mol. The lowest BCUT2D eigenvalue weighted by atomic mass is 10.0. The first kappa shape index (κ1) is 10.9. The molecule has 2 atom stereocenters. The molecule has 86 valence electrons. The van der Waals surface area contributed by atoms with E-state index in [4.69, 9.17) is 9.84 Å². The average molecular weight is 213 g/mol. The highest BCUT2D eigenvalue weighted by Gasteiger charge is 2.38. The van der Waals surface area contributed by atoms with Gasteiger partial charge in [-0.15, -0.1) is 0 Å². The Kier molecular flexibility index (Phi) is 3.26. The zero-order valence-electron chi connectivity index (χ0n) is 9.19. The first-order valence-electron chi connectivity index (χ1n) is 5.72. The average Bonchev–Trinajstić information content (AvgIpc) is 2.42. The largest absolute Gasteiger partial charge is 0.481 e. The minimum absolute atomic E-state index is 0.127. The Morgan fingerprint density at radius 3 is 2.53 bits per heavy atom. The van der Waals surface area contributed by atoms with Crippen molar-refractivity contribution in [3.05, 3.63) is 0 Å². The van der Waals surface area contributed by atoms with Gasteiger partial charge in [0.1, 0.15) is 0 Å². The second kappa shape index (κ2) is 4.49. The van der Waals surface area contributed by atoms with Gasteiger partial charge in [0, 0.05) is 12.1 Å². The van der Waals surface area contributed by atoms with Crippen LogP contribution in [-0.2, 0) is 9.53 Å². The van der Waals surface area contributed by atoms with E-state index in [-0.39, 0.29) is 12.5 Å². The lowest BCUT2D eigenvalue weighted by Gasteiger charge is -2.36. The highest BCUT2D eigenvalue weighted by atomic mass is 16.5. The van der Waals surface area contributed by atoms with Crippen molar-refractivity contribution in [1.29, 1.82) is 0 Å². The predicted octanol–water partition coefficient (Wildman–Crippen LogP) is 1.10. The molecule has 2 aliphatic heterocycles. The van der Waals surface area contributed by atoms with E-state index in [0.29, 0.717) is 18.7 Å². The Balaban J connectivity index is 1.74. The maximum atomic E-state index is 10.3. The van der Waals surface area contributed by atoms with Crippen molar-refractivity contribution >= 4 is 5.97 Å². The minimum atomic E-state index is -0.772. The topological polar surface area (TPSA) is 49.8 Å². The van der Waals surface area contributed by atoms with Crippen LogP contribution in [0.3, 0.4) is 0 Å². The summed E-state index contributed by atoms with van der Waals surface area (Å²) in [5.41, 5.74) is 0. The number of carbonyl (C=O) groups is 1. The molecule has 2 rings (SSSR count). The third-order valence-electron chi connectivity index (χ3n) is 3.72. The number of nitrogens with zero attached hydrogens (tertiary/aromatic N) is 1. The summed E-state index contributed by atoms with van der Waals surface area (Å²) in [6.45, 7) is 0.364. The Labute approximate surface area is 90.2 Å². The number of ether oxygens (including phenoxy) is 1. The van der Waals surface area contributed by atoms with Crippen LogP contribution in [0.25, 0.3) is 0 Å². The fourth-order valence-electron chi connectivity index (χ4n) is 2.81. The zero-order valence-corrected chi connectivity index (χ0v) is 9.19. The van der Waals surface area contributed by atoms with Crippen LogP contribution in [0.1, 0.15) is 32.1 Å². The second-order valence-electron chi connectivity index (χ2n) is 4.66. The van der Waals surface area contributed by atoms with Crippen molar-refractivity contribution in [2.45, 2.75) is 50.3 Å². The van der Waals surface area contributed by atoms with Crippen molar-refractivity contribution in [2.24, 2.45) is 0 Å². The lowest BCUT2D eigenvalue weighted by molar-refractivity contribution is -0.139. The van der Waals surface area contributed by atoms with E-state index < -0.39 is 5.97 Å². The van der Waals surface area contributed by atoms with Gasteiger partial charge in [0.15, 0.2) is 0 Å². The number of fused-ring (bicyclic) bond motifs is 2. The molecule has 0 aromatic rings. The van der Waals surface area contributed by atoms with Crippen LogP contribution in [0.5, 0.6) is 0 Å². The van der Waals surface area contributed by atoms with Crippen LogP contribution in [0.15, 0.2) is 0 Å². The first-order chi connectivity index (χ1) is 7.16. The van der Waals surface area contributed by atoms with Crippen LogP contribution >= 0.6 is 0 Å². The van der Waals surface area contributed by atoms with E-state index >= 15 is 0 Å². The maximum Gasteiger partial charge on any atom is 0.305 e. The van der Waals surface area contributed by atoms with E-state index in [2.05, 4.69) is 11.9 Å². The van der Waals surface area contributed by atoms with E-state index in [9.17, 15) is 4.79 Å². The quantitative estimate of drug-likeness (QED) is 0.760. The van der Waals surface area contributed by atoms with Gasteiger partial charge in [-0.3, -0.25) is 4.79 Å². The zero-order chi connectivity index (χ0) is 10.8. The smallest absolute Gasteiger partial charge is 0.305 e. The van der Waals surface area contributed by atoms with Crippen molar-refractivity contribution in [1.82, 2.24) is 4.90 Å². The summed E-state index contributed by atoms with van der Waals surface area (Å²) in [5.74, 6) is -0.772. The first-order valence-corrected chi connectivity index (χ1v) is 5.72. The number of carboxylic acid groups (broad SMARTS) is 1. The van der Waals surface area contributed by atoms with Crippen LogP contribution in [0, 0.1) is 0 Å². The Hall–Kier alpha value is -0.610. The van der Waals surface area contributed by atoms with Gasteiger partial charge in [-0.05, 0) is 32.7 Å². The molecule has 0 amide bonds. The molecule has 1 N–H and O–H groups in total. The van der Waals surface area contributed by atoms with Gasteiger partial charge in [0.05, 0.1) is 19.1 Å². The van der Waals surface area contributed by atoms with E-state index in [1.807, 2.05) is 0 Å². The lowest BCUT2D eigenvalue weighted by Crippen LogP contribution is -2.42. The molecular formula is C11H19NO3. The fourth-order valence-corrected chi connectivity index (χ4v) is 2.81. The van der Waals surface area contributed by atoms with E-state index in [0.717, 1.165) is 12.8 Å². The Morgan fingerprint density at radius 1 is 1.40 bits per heavy atom. The summed E-state index contributed by atoms with van der Waals surface area (Å²) in [6.07, 6.45) is 5.12. The van der Waals surface area contributed by atoms with E-state index in [1.54, 1.807) is 0 Å². The van der Waals surface area contributed by atoms with Crippen molar-refractivity contribution < 1.29 is 14.6 Å². The van der Waals surface area contributed by atoms with Crippen molar-refractivity contribution in [3.63, 3.8) is 0 Å². The van der Waals surface area contributed by atoms with Gasteiger partial charge >= 0.3 is 5.97 Å². The number of aliphatic carboxylic acids is 1. The predicted molar refractivity (Wildman–Crippen MR) is 55.8 cm³/mol. The summed E-state index contributed by atoms with van der Waals surface area (Å²) >= 11 is 0. The summed E-state index contributed by atoms with van der Waals surface area (Å²) in [4.78, 5) is 12.8. The molecule has 2 saturated heterocycles. The van der Waals surface area contributed by atoms with Gasteiger partial charge in [-0.25, -0.2) is 0 Å². The highest BCUT2D eigenvalue weighted by molar-refractivity contribution is 5.66. The molecule has 0 aliphatic carbocycles. The molecule has 2 aliphatic rings. The summed E-state index contributed by atoms with van der Waals surface area (Å²) in [7, 11) is 2.19. The molecule has 0 radical (unpaired) electrons. The highest BCUT2D eigenvalue weighted by Crippen LogP contribution is 2.35. The molecule has 2 bridgehead atoms. The molecule has 0 aromatic carbocycles. The van der Waals surface area contributed by atoms with Gasteiger partial charge in [0.25, 0.3) is 0 Å². The molecule has 0 spiro atoms. The Bertz CT molecular complexity index is 230. The summed E-state index contributed by atoms with van der Waals surface area (Å²) < 4.78 is 5.62. The normalized spacial score (nSPS) is 35.7. The molecule has 0 aromatic heterocycles. The van der Waals surface area contributed by atoms with Gasteiger partial charge in [-0.1, -0.05) is 0 Å². The Morgan fingerprint density at radius 2 is 2.00 bits per heavy atom. The van der Waals surface area contributed by atoms with E-state index in [1.165, 1.54) is 12.8 Å². The summed E-state index contributed by atoms with van der Waals surface area (Å²) in [6, 6.07) is 1.33. The number of rotatable bonds is 4. The minimum Gasteiger partial charge on any atom is -0.481 e.